The molecule has 1 amide bonds. The predicted octanol–water partition coefficient (Wildman–Crippen LogP) is 3.00. The third-order valence-electron chi connectivity index (χ3n) is 5.45. The van der Waals surface area contributed by atoms with Crippen molar-refractivity contribution in [3.05, 3.63) is 64.6 Å². The fraction of sp³-hybridized carbons (Fsp3) is 0.381. The van der Waals surface area contributed by atoms with Crippen LogP contribution in [0.5, 0.6) is 0 Å². The van der Waals surface area contributed by atoms with Crippen molar-refractivity contribution in [2.45, 2.75) is 24.9 Å². The first kappa shape index (κ1) is 18.5. The maximum absolute atomic E-state index is 12.5. The van der Waals surface area contributed by atoms with Gasteiger partial charge in [0.2, 0.25) is 5.91 Å². The summed E-state index contributed by atoms with van der Waals surface area (Å²) >= 11 is 3.54. The number of hydrogen-bond acceptors (Lipinski definition) is 4. The number of hydrazine groups is 1. The van der Waals surface area contributed by atoms with Gasteiger partial charge >= 0.3 is 0 Å². The van der Waals surface area contributed by atoms with Crippen LogP contribution in [0.2, 0.25) is 0 Å². The molecule has 2 aliphatic heterocycles. The van der Waals surface area contributed by atoms with Gasteiger partial charge in [-0.25, -0.2) is 10.9 Å². The van der Waals surface area contributed by atoms with Crippen molar-refractivity contribution in [2.24, 2.45) is 5.92 Å². The smallest absolute Gasteiger partial charge is 0.238 e. The van der Waals surface area contributed by atoms with Gasteiger partial charge in [-0.1, -0.05) is 52.3 Å². The van der Waals surface area contributed by atoms with Crippen LogP contribution in [-0.4, -0.2) is 31.6 Å². The molecule has 27 heavy (non-hydrogen) atoms. The summed E-state index contributed by atoms with van der Waals surface area (Å²) in [6, 6.07) is 18.7. The lowest BCUT2D eigenvalue weighted by atomic mass is 10.0. The van der Waals surface area contributed by atoms with Crippen LogP contribution in [0, 0.1) is 5.92 Å². The topological polar surface area (TPSA) is 56.4 Å². The summed E-state index contributed by atoms with van der Waals surface area (Å²) in [7, 11) is 0. The molecule has 5 nitrogen and oxygen atoms in total. The van der Waals surface area contributed by atoms with E-state index < -0.39 is 0 Å². The molecule has 2 aliphatic rings. The Morgan fingerprint density at radius 3 is 2.81 bits per heavy atom. The summed E-state index contributed by atoms with van der Waals surface area (Å²) in [5.41, 5.74) is 8.84. The Kier molecular flexibility index (Phi) is 5.76. The second-order valence-corrected chi connectivity index (χ2v) is 8.28. The number of amides is 1. The molecular weight excluding hydrogens is 404 g/mol. The van der Waals surface area contributed by atoms with Crippen LogP contribution in [-0.2, 0) is 4.79 Å². The summed E-state index contributed by atoms with van der Waals surface area (Å²) < 4.78 is 1.10. The number of rotatable bonds is 5. The van der Waals surface area contributed by atoms with E-state index in [9.17, 15) is 4.79 Å². The van der Waals surface area contributed by atoms with Crippen molar-refractivity contribution < 1.29 is 4.79 Å². The summed E-state index contributed by atoms with van der Waals surface area (Å²) in [4.78, 5) is 14.9. The maximum Gasteiger partial charge on any atom is 0.238 e. The lowest BCUT2D eigenvalue weighted by Crippen LogP contribution is -2.44. The number of halogens is 1. The zero-order valence-corrected chi connectivity index (χ0v) is 16.8. The highest BCUT2D eigenvalue weighted by Gasteiger charge is 2.31. The van der Waals surface area contributed by atoms with E-state index in [4.69, 9.17) is 0 Å². The van der Waals surface area contributed by atoms with Crippen molar-refractivity contribution in [2.75, 3.05) is 24.5 Å². The van der Waals surface area contributed by atoms with Crippen molar-refractivity contribution in [1.82, 2.24) is 16.2 Å². The number of carbonyl (C=O) groups excluding carboxylic acids is 1. The standard InChI is InChI=1S/C21H25BrN4O/c22-17-7-4-8-18(11-17)26-10-9-15(14-26)13-23-21(27)20-12-19(24-25-20)16-5-2-1-3-6-16/h1-8,11,15,19-20,24-25H,9-10,12-14H2,(H,23,27). The molecule has 3 atom stereocenters. The first-order chi connectivity index (χ1) is 13.2. The van der Waals surface area contributed by atoms with Gasteiger partial charge in [-0.15, -0.1) is 0 Å². The van der Waals surface area contributed by atoms with Gasteiger partial charge in [-0.2, -0.15) is 0 Å². The summed E-state index contributed by atoms with van der Waals surface area (Å²) in [5, 5.41) is 3.14. The fourth-order valence-electron chi connectivity index (χ4n) is 3.91. The van der Waals surface area contributed by atoms with Gasteiger partial charge in [0, 0.05) is 35.8 Å². The monoisotopic (exact) mass is 428 g/mol. The minimum absolute atomic E-state index is 0.0850. The molecule has 2 saturated heterocycles. The Balaban J connectivity index is 1.24. The normalized spacial score (nSPS) is 24.9. The van der Waals surface area contributed by atoms with E-state index in [1.54, 1.807) is 0 Å². The molecule has 6 heteroatoms. The highest BCUT2D eigenvalue weighted by molar-refractivity contribution is 9.10. The van der Waals surface area contributed by atoms with Crippen LogP contribution < -0.4 is 21.1 Å². The minimum Gasteiger partial charge on any atom is -0.371 e. The van der Waals surface area contributed by atoms with Gasteiger partial charge < -0.3 is 10.2 Å². The molecule has 0 spiro atoms. The number of nitrogens with one attached hydrogen (secondary N) is 3. The van der Waals surface area contributed by atoms with E-state index in [2.05, 4.69) is 67.3 Å². The van der Waals surface area contributed by atoms with Crippen LogP contribution >= 0.6 is 15.9 Å². The molecule has 3 unspecified atom stereocenters. The SMILES string of the molecule is O=C(NCC1CCN(c2cccc(Br)c2)C1)C1CC(c2ccccc2)NN1. The molecule has 0 radical (unpaired) electrons. The number of hydrogen-bond donors (Lipinski definition) is 3. The molecule has 3 N–H and O–H groups in total. The zero-order chi connectivity index (χ0) is 18.6. The van der Waals surface area contributed by atoms with Crippen molar-refractivity contribution in [3.63, 3.8) is 0 Å². The number of carbonyl (C=O) groups is 1. The van der Waals surface area contributed by atoms with Gasteiger partial charge in [0.1, 0.15) is 6.04 Å². The molecule has 0 aromatic heterocycles. The Morgan fingerprint density at radius 1 is 1.15 bits per heavy atom. The lowest BCUT2D eigenvalue weighted by molar-refractivity contribution is -0.123. The Hall–Kier alpha value is -1.89. The largest absolute Gasteiger partial charge is 0.371 e. The molecule has 2 aromatic carbocycles. The summed E-state index contributed by atoms with van der Waals surface area (Å²) in [6.07, 6.45) is 1.88. The molecule has 142 valence electrons. The van der Waals surface area contributed by atoms with Crippen LogP contribution in [0.1, 0.15) is 24.4 Å². The fourth-order valence-corrected chi connectivity index (χ4v) is 4.29. The Labute approximate surface area is 168 Å². The van der Waals surface area contributed by atoms with E-state index in [1.807, 2.05) is 24.3 Å². The highest BCUT2D eigenvalue weighted by Crippen LogP contribution is 2.26. The molecule has 2 heterocycles. The van der Waals surface area contributed by atoms with Crippen LogP contribution in [0.25, 0.3) is 0 Å². The molecule has 2 fully saturated rings. The third kappa shape index (κ3) is 4.51. The average Bonchev–Trinajstić information content (AvgIpc) is 3.37. The zero-order valence-electron chi connectivity index (χ0n) is 15.2. The van der Waals surface area contributed by atoms with Crippen LogP contribution in [0.4, 0.5) is 5.69 Å². The minimum atomic E-state index is -0.183. The number of benzene rings is 2. The first-order valence-corrected chi connectivity index (χ1v) is 10.3. The summed E-state index contributed by atoms with van der Waals surface area (Å²) in [6.45, 7) is 2.76. The van der Waals surface area contributed by atoms with Crippen molar-refractivity contribution in [1.29, 1.82) is 0 Å². The highest BCUT2D eigenvalue weighted by atomic mass is 79.9. The van der Waals surface area contributed by atoms with Gasteiger partial charge in [0.05, 0.1) is 0 Å². The molecular formula is C21H25BrN4O. The van der Waals surface area contributed by atoms with Gasteiger partial charge in [-0.05, 0) is 42.5 Å². The van der Waals surface area contributed by atoms with Crippen LogP contribution in [0.3, 0.4) is 0 Å². The maximum atomic E-state index is 12.5. The molecule has 2 aromatic rings. The van der Waals surface area contributed by atoms with E-state index in [0.29, 0.717) is 5.92 Å². The van der Waals surface area contributed by atoms with Crippen molar-refractivity contribution >= 4 is 27.5 Å². The number of anilines is 1. The van der Waals surface area contributed by atoms with E-state index in [-0.39, 0.29) is 18.0 Å². The quantitative estimate of drug-likeness (QED) is 0.684. The average molecular weight is 429 g/mol. The van der Waals surface area contributed by atoms with Crippen molar-refractivity contribution in [3.8, 4) is 0 Å². The van der Waals surface area contributed by atoms with E-state index in [0.717, 1.165) is 36.9 Å². The molecule has 0 aliphatic carbocycles. The molecule has 0 saturated carbocycles. The Bertz CT molecular complexity index is 785. The van der Waals surface area contributed by atoms with E-state index in [1.165, 1.54) is 11.3 Å². The van der Waals surface area contributed by atoms with Gasteiger partial charge in [-0.3, -0.25) is 4.79 Å². The second kappa shape index (κ2) is 8.42. The lowest BCUT2D eigenvalue weighted by Gasteiger charge is -2.19. The Morgan fingerprint density at radius 2 is 2.00 bits per heavy atom. The predicted molar refractivity (Wildman–Crippen MR) is 111 cm³/mol. The van der Waals surface area contributed by atoms with Gasteiger partial charge in [0.25, 0.3) is 0 Å². The van der Waals surface area contributed by atoms with Crippen LogP contribution in [0.15, 0.2) is 59.1 Å². The second-order valence-electron chi connectivity index (χ2n) is 7.37. The van der Waals surface area contributed by atoms with E-state index >= 15 is 0 Å². The molecule has 0 bridgehead atoms. The number of nitrogens with zero attached hydrogens (tertiary/aromatic N) is 1. The molecule has 4 rings (SSSR count). The summed E-state index contributed by atoms with van der Waals surface area (Å²) in [5.74, 6) is 0.578. The van der Waals surface area contributed by atoms with Gasteiger partial charge in [0.15, 0.2) is 0 Å². The third-order valence-corrected chi connectivity index (χ3v) is 5.94. The first-order valence-electron chi connectivity index (χ1n) is 9.53.